The highest BCUT2D eigenvalue weighted by molar-refractivity contribution is 6.30. The van der Waals surface area contributed by atoms with Gasteiger partial charge >= 0.3 is 0 Å². The fourth-order valence-electron chi connectivity index (χ4n) is 5.38. The Bertz CT molecular complexity index is 658. The summed E-state index contributed by atoms with van der Waals surface area (Å²) in [5.41, 5.74) is 0.0730. The summed E-state index contributed by atoms with van der Waals surface area (Å²) in [6.45, 7) is 6.13. The minimum atomic E-state index is -0.337. The lowest BCUT2D eigenvalue weighted by Crippen LogP contribution is -2.57. The van der Waals surface area contributed by atoms with Gasteiger partial charge in [0.1, 0.15) is 0 Å². The molecule has 3 fully saturated rings. The molecule has 1 saturated carbocycles. The molecule has 3 aliphatic rings. The lowest BCUT2D eigenvalue weighted by atomic mass is 9.62. The molecule has 3 heterocycles. The van der Waals surface area contributed by atoms with Gasteiger partial charge in [0.05, 0.1) is 24.8 Å². The van der Waals surface area contributed by atoms with Crippen molar-refractivity contribution in [1.82, 2.24) is 9.88 Å². The Kier molecular flexibility index (Phi) is 5.88. The summed E-state index contributed by atoms with van der Waals surface area (Å²) >= 11 is 5.88. The molecule has 0 N–H and O–H groups in total. The number of pyridine rings is 1. The fourth-order valence-corrected chi connectivity index (χ4v) is 5.52. The molecule has 0 spiro atoms. The molecule has 1 aromatic rings. The van der Waals surface area contributed by atoms with Crippen molar-refractivity contribution in [2.24, 2.45) is 11.3 Å². The lowest BCUT2D eigenvalue weighted by molar-refractivity contribution is -0.0540. The number of morpholine rings is 1. The predicted octanol–water partition coefficient (Wildman–Crippen LogP) is 3.22. The van der Waals surface area contributed by atoms with Gasteiger partial charge in [-0.25, -0.2) is 9.37 Å². The Hall–Kier alpha value is -0.950. The third-order valence-electron chi connectivity index (χ3n) is 6.73. The van der Waals surface area contributed by atoms with Gasteiger partial charge in [-0.3, -0.25) is 4.90 Å². The van der Waals surface area contributed by atoms with Gasteiger partial charge in [0.15, 0.2) is 11.6 Å². The minimum Gasteiger partial charge on any atom is -0.384 e. The van der Waals surface area contributed by atoms with Crippen molar-refractivity contribution >= 4 is 17.4 Å². The first kappa shape index (κ1) is 19.4. The first-order valence-electron chi connectivity index (χ1n) is 9.98. The number of ether oxygens (including phenoxy) is 2. The average molecular weight is 398 g/mol. The maximum Gasteiger partial charge on any atom is 0.167 e. The zero-order chi connectivity index (χ0) is 18.9. The van der Waals surface area contributed by atoms with Crippen LogP contribution >= 0.6 is 11.6 Å². The number of anilines is 1. The molecule has 7 heteroatoms. The molecule has 5 nitrogen and oxygen atoms in total. The van der Waals surface area contributed by atoms with Gasteiger partial charge in [0.25, 0.3) is 0 Å². The van der Waals surface area contributed by atoms with E-state index < -0.39 is 0 Å². The zero-order valence-corrected chi connectivity index (χ0v) is 16.8. The Labute approximate surface area is 165 Å². The summed E-state index contributed by atoms with van der Waals surface area (Å²) in [4.78, 5) is 8.97. The number of nitrogens with zero attached hydrogens (tertiary/aromatic N) is 3. The van der Waals surface area contributed by atoms with Crippen LogP contribution in [0.5, 0.6) is 0 Å². The molecule has 3 atom stereocenters. The van der Waals surface area contributed by atoms with E-state index in [1.807, 2.05) is 0 Å². The van der Waals surface area contributed by atoms with Crippen molar-refractivity contribution in [2.75, 3.05) is 58.0 Å². The highest BCUT2D eigenvalue weighted by Gasteiger charge is 2.48. The van der Waals surface area contributed by atoms with E-state index in [1.54, 1.807) is 7.11 Å². The molecule has 4 rings (SSSR count). The van der Waals surface area contributed by atoms with Crippen LogP contribution < -0.4 is 4.90 Å². The molecule has 0 bridgehead atoms. The van der Waals surface area contributed by atoms with Crippen LogP contribution in [0.4, 0.5) is 10.2 Å². The van der Waals surface area contributed by atoms with Gasteiger partial charge in [0.2, 0.25) is 0 Å². The summed E-state index contributed by atoms with van der Waals surface area (Å²) in [6, 6.07) is 2.00. The Morgan fingerprint density at radius 2 is 2.15 bits per heavy atom. The first-order valence-corrected chi connectivity index (χ1v) is 10.4. The molecular formula is C20H29ClFN3O2. The number of hydrogen-bond donors (Lipinski definition) is 0. The van der Waals surface area contributed by atoms with Gasteiger partial charge in [-0.1, -0.05) is 11.6 Å². The highest BCUT2D eigenvalue weighted by Crippen LogP contribution is 2.48. The molecular weight excluding hydrogens is 369 g/mol. The number of piperidine rings is 1. The summed E-state index contributed by atoms with van der Waals surface area (Å²) < 4.78 is 25.6. The van der Waals surface area contributed by atoms with Gasteiger partial charge in [-0.15, -0.1) is 0 Å². The zero-order valence-electron chi connectivity index (χ0n) is 16.0. The van der Waals surface area contributed by atoms with Crippen molar-refractivity contribution < 1.29 is 13.9 Å². The topological polar surface area (TPSA) is 37.8 Å². The second-order valence-electron chi connectivity index (χ2n) is 8.24. The van der Waals surface area contributed by atoms with Crippen molar-refractivity contribution in [3.63, 3.8) is 0 Å². The molecule has 2 saturated heterocycles. The Balaban J connectivity index is 1.50. The smallest absolute Gasteiger partial charge is 0.167 e. The summed E-state index contributed by atoms with van der Waals surface area (Å²) in [5.74, 6) is 0.685. The standard InChI is InChI=1S/C20H29ClFN3O2/c1-26-14-20-4-2-17(24-6-8-27-9-7-24)10-15(20)3-5-25(13-20)19-18(22)11-16(21)12-23-19/h11-12,15,17H,2-10,13-14H2,1H3/t15-,17-,20+/m1/s1. The Morgan fingerprint density at radius 3 is 2.89 bits per heavy atom. The predicted molar refractivity (Wildman–Crippen MR) is 104 cm³/mol. The van der Waals surface area contributed by atoms with Crippen LogP contribution in [0.25, 0.3) is 0 Å². The molecule has 0 radical (unpaired) electrons. The van der Waals surface area contributed by atoms with E-state index in [1.165, 1.54) is 25.1 Å². The Morgan fingerprint density at radius 1 is 1.33 bits per heavy atom. The van der Waals surface area contributed by atoms with Crippen LogP contribution in [0.3, 0.4) is 0 Å². The normalized spacial score (nSPS) is 32.3. The number of halogens is 2. The van der Waals surface area contributed by atoms with Crippen LogP contribution in [0.2, 0.25) is 5.02 Å². The van der Waals surface area contributed by atoms with E-state index in [-0.39, 0.29) is 11.2 Å². The SMILES string of the molecule is COC[C@@]12CC[C@@H](N3CCOCC3)C[C@H]1CCN(c1ncc(Cl)cc1F)C2. The van der Waals surface area contributed by atoms with Crippen LogP contribution in [-0.2, 0) is 9.47 Å². The van der Waals surface area contributed by atoms with E-state index >= 15 is 0 Å². The van der Waals surface area contributed by atoms with Crippen LogP contribution in [0.15, 0.2) is 12.3 Å². The lowest BCUT2D eigenvalue weighted by Gasteiger charge is -2.54. The monoisotopic (exact) mass is 397 g/mol. The number of rotatable bonds is 4. The highest BCUT2D eigenvalue weighted by atomic mass is 35.5. The quantitative estimate of drug-likeness (QED) is 0.779. The molecule has 1 aliphatic carbocycles. The van der Waals surface area contributed by atoms with Gasteiger partial charge in [0, 0.05) is 50.9 Å². The summed E-state index contributed by atoms with van der Waals surface area (Å²) in [5, 5.41) is 0.337. The van der Waals surface area contributed by atoms with Crippen LogP contribution in [0.1, 0.15) is 25.7 Å². The average Bonchev–Trinajstić information content (AvgIpc) is 2.68. The molecule has 2 aliphatic heterocycles. The minimum absolute atomic E-state index is 0.0730. The fraction of sp³-hybridized carbons (Fsp3) is 0.750. The summed E-state index contributed by atoms with van der Waals surface area (Å²) in [6.07, 6.45) is 6.07. The molecule has 0 amide bonds. The molecule has 150 valence electrons. The van der Waals surface area contributed by atoms with E-state index in [2.05, 4.69) is 14.8 Å². The second kappa shape index (κ2) is 8.19. The number of fused-ring (bicyclic) bond motifs is 1. The van der Waals surface area contributed by atoms with Crippen LogP contribution in [0, 0.1) is 17.2 Å². The number of aromatic nitrogens is 1. The van der Waals surface area contributed by atoms with E-state index in [0.29, 0.717) is 22.8 Å². The van der Waals surface area contributed by atoms with E-state index in [4.69, 9.17) is 21.1 Å². The van der Waals surface area contributed by atoms with Crippen LogP contribution in [-0.4, -0.2) is 69.0 Å². The van der Waals surface area contributed by atoms with Gasteiger partial charge < -0.3 is 14.4 Å². The van der Waals surface area contributed by atoms with Crippen molar-refractivity contribution in [3.8, 4) is 0 Å². The summed E-state index contributed by atoms with van der Waals surface area (Å²) in [7, 11) is 1.78. The maximum absolute atomic E-state index is 14.4. The number of methoxy groups -OCH3 is 1. The van der Waals surface area contributed by atoms with Gasteiger partial charge in [-0.05, 0) is 37.7 Å². The van der Waals surface area contributed by atoms with Crippen molar-refractivity contribution in [1.29, 1.82) is 0 Å². The molecule has 1 aromatic heterocycles. The second-order valence-corrected chi connectivity index (χ2v) is 8.67. The third-order valence-corrected chi connectivity index (χ3v) is 6.94. The largest absolute Gasteiger partial charge is 0.384 e. The van der Waals surface area contributed by atoms with E-state index in [9.17, 15) is 4.39 Å². The maximum atomic E-state index is 14.4. The molecule has 0 aromatic carbocycles. The first-order chi connectivity index (χ1) is 13.1. The van der Waals surface area contributed by atoms with Gasteiger partial charge in [-0.2, -0.15) is 0 Å². The van der Waals surface area contributed by atoms with E-state index in [0.717, 1.165) is 58.8 Å². The van der Waals surface area contributed by atoms with Crippen molar-refractivity contribution in [3.05, 3.63) is 23.1 Å². The third kappa shape index (κ3) is 3.95. The molecule has 27 heavy (non-hydrogen) atoms. The van der Waals surface area contributed by atoms with Crippen molar-refractivity contribution in [2.45, 2.75) is 31.7 Å². The molecule has 0 unspecified atom stereocenters. The number of hydrogen-bond acceptors (Lipinski definition) is 5.